The number of rotatable bonds is 9. The smallest absolute Gasteiger partial charge is 0.323 e. The van der Waals surface area contributed by atoms with Crippen LogP contribution in [0.3, 0.4) is 0 Å². The van der Waals surface area contributed by atoms with Gasteiger partial charge in [0.05, 0.1) is 12.2 Å². The molecule has 0 aromatic heterocycles. The molecule has 0 aliphatic heterocycles. The summed E-state index contributed by atoms with van der Waals surface area (Å²) in [4.78, 5) is 10.8. The molecule has 96 valence electrons. The van der Waals surface area contributed by atoms with Gasteiger partial charge in [0.1, 0.15) is 6.04 Å². The number of methoxy groups -OCH3 is 1. The summed E-state index contributed by atoms with van der Waals surface area (Å²) < 4.78 is 10.6. The number of aliphatic carboxylic acids is 1. The molecule has 1 unspecified atom stereocenters. The standard InChI is InChI=1S/C11H23NO4/c1-5-12-9(10(13)14)8-16-7-6-11(2,3)15-4/h9,12H,5-8H2,1-4H3,(H,13,14). The van der Waals surface area contributed by atoms with Crippen LogP contribution < -0.4 is 5.32 Å². The van der Waals surface area contributed by atoms with Crippen LogP contribution in [-0.4, -0.2) is 49.6 Å². The number of carbonyl (C=O) groups is 1. The van der Waals surface area contributed by atoms with E-state index in [1.807, 2.05) is 20.8 Å². The number of nitrogens with one attached hydrogen (secondary N) is 1. The topological polar surface area (TPSA) is 67.8 Å². The van der Waals surface area contributed by atoms with Crippen LogP contribution in [0.25, 0.3) is 0 Å². The Bertz CT molecular complexity index is 206. The molecule has 0 amide bonds. The first kappa shape index (κ1) is 15.3. The van der Waals surface area contributed by atoms with Crippen molar-refractivity contribution in [2.45, 2.75) is 38.8 Å². The SMILES string of the molecule is CCNC(COCCC(C)(C)OC)C(=O)O. The van der Waals surface area contributed by atoms with Crippen LogP contribution in [0.4, 0.5) is 0 Å². The van der Waals surface area contributed by atoms with Gasteiger partial charge in [0.25, 0.3) is 0 Å². The van der Waals surface area contributed by atoms with E-state index in [9.17, 15) is 4.79 Å². The van der Waals surface area contributed by atoms with Gasteiger partial charge >= 0.3 is 5.97 Å². The van der Waals surface area contributed by atoms with Gasteiger partial charge in [-0.05, 0) is 26.8 Å². The second-order valence-corrected chi connectivity index (χ2v) is 4.24. The predicted octanol–water partition coefficient (Wildman–Crippen LogP) is 0.881. The molecule has 0 aliphatic rings. The van der Waals surface area contributed by atoms with Crippen LogP contribution in [0.2, 0.25) is 0 Å². The third-order valence-corrected chi connectivity index (χ3v) is 2.43. The van der Waals surface area contributed by atoms with Crippen molar-refractivity contribution in [1.82, 2.24) is 5.32 Å². The van der Waals surface area contributed by atoms with E-state index >= 15 is 0 Å². The van der Waals surface area contributed by atoms with Gasteiger partial charge in [0.15, 0.2) is 0 Å². The number of hydrogen-bond acceptors (Lipinski definition) is 4. The number of hydrogen-bond donors (Lipinski definition) is 2. The monoisotopic (exact) mass is 233 g/mol. The largest absolute Gasteiger partial charge is 0.480 e. The molecule has 2 N–H and O–H groups in total. The van der Waals surface area contributed by atoms with Crippen LogP contribution in [0.5, 0.6) is 0 Å². The van der Waals surface area contributed by atoms with Crippen LogP contribution in [0, 0.1) is 0 Å². The van der Waals surface area contributed by atoms with Gasteiger partial charge in [-0.25, -0.2) is 0 Å². The van der Waals surface area contributed by atoms with E-state index in [4.69, 9.17) is 14.6 Å². The molecule has 0 bridgehead atoms. The zero-order valence-corrected chi connectivity index (χ0v) is 10.6. The number of carboxylic acids is 1. The predicted molar refractivity (Wildman–Crippen MR) is 61.6 cm³/mol. The molecule has 16 heavy (non-hydrogen) atoms. The summed E-state index contributed by atoms with van der Waals surface area (Å²) in [6, 6.07) is -0.629. The first-order valence-corrected chi connectivity index (χ1v) is 5.52. The molecule has 0 spiro atoms. The minimum Gasteiger partial charge on any atom is -0.480 e. The van der Waals surface area contributed by atoms with Gasteiger partial charge in [-0.2, -0.15) is 0 Å². The molecular weight excluding hydrogens is 210 g/mol. The van der Waals surface area contributed by atoms with E-state index in [1.165, 1.54) is 0 Å². The lowest BCUT2D eigenvalue weighted by Gasteiger charge is -2.23. The highest BCUT2D eigenvalue weighted by molar-refractivity contribution is 5.73. The van der Waals surface area contributed by atoms with Crippen LogP contribution >= 0.6 is 0 Å². The maximum absolute atomic E-state index is 10.8. The average molecular weight is 233 g/mol. The number of ether oxygens (including phenoxy) is 2. The molecule has 5 nitrogen and oxygen atoms in total. The van der Waals surface area contributed by atoms with Gasteiger partial charge in [0.2, 0.25) is 0 Å². The van der Waals surface area contributed by atoms with Gasteiger partial charge < -0.3 is 19.9 Å². The summed E-state index contributed by atoms with van der Waals surface area (Å²) in [6.45, 7) is 7.09. The van der Waals surface area contributed by atoms with Gasteiger partial charge in [-0.3, -0.25) is 4.79 Å². The fourth-order valence-electron chi connectivity index (χ4n) is 1.09. The average Bonchev–Trinajstić information content (AvgIpc) is 2.22. The highest BCUT2D eigenvalue weighted by Crippen LogP contribution is 2.12. The minimum atomic E-state index is -0.882. The van der Waals surface area contributed by atoms with Crippen molar-refractivity contribution in [1.29, 1.82) is 0 Å². The summed E-state index contributed by atoms with van der Waals surface area (Å²) in [5.41, 5.74) is -0.225. The molecule has 0 saturated heterocycles. The van der Waals surface area contributed by atoms with E-state index in [2.05, 4.69) is 5.32 Å². The first-order valence-electron chi connectivity index (χ1n) is 5.52. The molecule has 0 aliphatic carbocycles. The van der Waals surface area contributed by atoms with E-state index in [0.717, 1.165) is 6.42 Å². The highest BCUT2D eigenvalue weighted by Gasteiger charge is 2.18. The minimum absolute atomic E-state index is 0.183. The Hall–Kier alpha value is -0.650. The lowest BCUT2D eigenvalue weighted by atomic mass is 10.1. The molecule has 0 heterocycles. The van der Waals surface area contributed by atoms with Crippen molar-refractivity contribution in [3.8, 4) is 0 Å². The Balaban J connectivity index is 3.74. The van der Waals surface area contributed by atoms with E-state index in [0.29, 0.717) is 13.2 Å². The van der Waals surface area contributed by atoms with Crippen LogP contribution in [0.1, 0.15) is 27.2 Å². The summed E-state index contributed by atoms with van der Waals surface area (Å²) in [6.07, 6.45) is 0.738. The van der Waals surface area contributed by atoms with Crippen molar-refractivity contribution < 1.29 is 19.4 Å². The summed E-state index contributed by atoms with van der Waals surface area (Å²) in [5, 5.41) is 11.7. The lowest BCUT2D eigenvalue weighted by Crippen LogP contribution is -2.40. The Kier molecular flexibility index (Phi) is 7.29. The maximum atomic E-state index is 10.8. The lowest BCUT2D eigenvalue weighted by molar-refractivity contribution is -0.141. The molecule has 0 aromatic carbocycles. The van der Waals surface area contributed by atoms with Crippen molar-refractivity contribution >= 4 is 5.97 Å². The molecule has 1 atom stereocenters. The van der Waals surface area contributed by atoms with Crippen LogP contribution in [0.15, 0.2) is 0 Å². The fourth-order valence-corrected chi connectivity index (χ4v) is 1.09. The number of carboxylic acid groups (broad SMARTS) is 1. The molecule has 0 saturated carbocycles. The van der Waals surface area contributed by atoms with Crippen molar-refractivity contribution in [3.05, 3.63) is 0 Å². The van der Waals surface area contributed by atoms with Crippen molar-refractivity contribution in [2.75, 3.05) is 26.9 Å². The molecule has 0 aromatic rings. The normalized spacial score (nSPS) is 13.8. The summed E-state index contributed by atoms with van der Waals surface area (Å²) in [5.74, 6) is -0.882. The third-order valence-electron chi connectivity index (χ3n) is 2.43. The molecular formula is C11H23NO4. The fraction of sp³-hybridized carbons (Fsp3) is 0.909. The summed E-state index contributed by atoms with van der Waals surface area (Å²) in [7, 11) is 1.65. The molecule has 0 radical (unpaired) electrons. The van der Waals surface area contributed by atoms with E-state index in [-0.39, 0.29) is 12.2 Å². The highest BCUT2D eigenvalue weighted by atomic mass is 16.5. The Morgan fingerprint density at radius 3 is 2.56 bits per heavy atom. The van der Waals surface area contributed by atoms with Crippen LogP contribution in [-0.2, 0) is 14.3 Å². The zero-order valence-electron chi connectivity index (χ0n) is 10.6. The van der Waals surface area contributed by atoms with Gasteiger partial charge in [-0.15, -0.1) is 0 Å². The maximum Gasteiger partial charge on any atom is 0.323 e. The Morgan fingerprint density at radius 2 is 2.12 bits per heavy atom. The Morgan fingerprint density at radius 1 is 1.50 bits per heavy atom. The Labute approximate surface area is 97.1 Å². The second-order valence-electron chi connectivity index (χ2n) is 4.24. The molecule has 5 heteroatoms. The summed E-state index contributed by atoms with van der Waals surface area (Å²) >= 11 is 0. The third kappa shape index (κ3) is 6.76. The number of likely N-dealkylation sites (N-methyl/N-ethyl adjacent to an activating group) is 1. The second kappa shape index (κ2) is 7.60. The van der Waals surface area contributed by atoms with Crippen molar-refractivity contribution in [3.63, 3.8) is 0 Å². The van der Waals surface area contributed by atoms with E-state index < -0.39 is 12.0 Å². The first-order chi connectivity index (χ1) is 7.43. The quantitative estimate of drug-likeness (QED) is 0.579. The molecule has 0 fully saturated rings. The van der Waals surface area contributed by atoms with Gasteiger partial charge in [-0.1, -0.05) is 6.92 Å². The van der Waals surface area contributed by atoms with E-state index in [1.54, 1.807) is 7.11 Å². The zero-order chi connectivity index (χ0) is 12.6. The molecule has 0 rings (SSSR count). The van der Waals surface area contributed by atoms with Crippen molar-refractivity contribution in [2.24, 2.45) is 0 Å². The van der Waals surface area contributed by atoms with Gasteiger partial charge in [0, 0.05) is 13.7 Å².